The van der Waals surface area contributed by atoms with E-state index in [0.29, 0.717) is 6.04 Å². The normalized spacial score (nSPS) is 11.3. The van der Waals surface area contributed by atoms with Crippen molar-refractivity contribution in [3.63, 3.8) is 0 Å². The largest absolute Gasteiger partial charge is 0.443 e. The van der Waals surface area contributed by atoms with E-state index in [1.165, 1.54) is 17.2 Å². The number of nitrogens with one attached hydrogen (secondary N) is 1. The summed E-state index contributed by atoms with van der Waals surface area (Å²) in [6.07, 6.45) is 1.52. The molecule has 0 amide bonds. The third-order valence-corrected chi connectivity index (χ3v) is 3.33. The predicted molar refractivity (Wildman–Crippen MR) is 81.4 cm³/mol. The summed E-state index contributed by atoms with van der Waals surface area (Å²) in [6.45, 7) is 4.96. The quantitative estimate of drug-likeness (QED) is 0.775. The molecule has 0 saturated heterocycles. The number of fused-ring (bicyclic) bond motifs is 1. The Bertz CT molecular complexity index is 716. The van der Waals surface area contributed by atoms with Gasteiger partial charge in [-0.05, 0) is 16.8 Å². The van der Waals surface area contributed by atoms with E-state index in [-0.39, 0.29) is 0 Å². The standard InChI is InChI=1S/C17H18N2O/c1-12(2)18-10-16-17(20-11-19-16)15-8-7-13-5-3-4-6-14(13)9-15/h3-9,11-12,18H,10H2,1-2H3. The molecule has 0 saturated carbocycles. The molecule has 0 aliphatic carbocycles. The van der Waals surface area contributed by atoms with Crippen molar-refractivity contribution in [1.82, 2.24) is 10.3 Å². The minimum Gasteiger partial charge on any atom is -0.443 e. The van der Waals surface area contributed by atoms with E-state index in [1.54, 1.807) is 0 Å². The third-order valence-electron chi connectivity index (χ3n) is 3.33. The Morgan fingerprint density at radius 1 is 1.10 bits per heavy atom. The van der Waals surface area contributed by atoms with E-state index in [4.69, 9.17) is 4.42 Å². The third kappa shape index (κ3) is 2.58. The van der Waals surface area contributed by atoms with Crippen molar-refractivity contribution in [2.75, 3.05) is 0 Å². The van der Waals surface area contributed by atoms with Gasteiger partial charge in [-0.15, -0.1) is 0 Å². The maximum atomic E-state index is 5.58. The average Bonchev–Trinajstić information content (AvgIpc) is 2.93. The zero-order valence-corrected chi connectivity index (χ0v) is 11.8. The lowest BCUT2D eigenvalue weighted by atomic mass is 10.0. The second-order valence-electron chi connectivity index (χ2n) is 5.23. The van der Waals surface area contributed by atoms with Crippen LogP contribution in [0.3, 0.4) is 0 Å². The Balaban J connectivity index is 1.96. The van der Waals surface area contributed by atoms with E-state index in [1.807, 2.05) is 6.07 Å². The molecule has 1 aromatic heterocycles. The number of rotatable bonds is 4. The molecular formula is C17H18N2O. The predicted octanol–water partition coefficient (Wildman–Crippen LogP) is 3.99. The van der Waals surface area contributed by atoms with E-state index in [9.17, 15) is 0 Å². The number of nitrogens with zero attached hydrogens (tertiary/aromatic N) is 1. The first-order chi connectivity index (χ1) is 9.74. The molecule has 3 nitrogen and oxygen atoms in total. The minimum atomic E-state index is 0.427. The summed E-state index contributed by atoms with van der Waals surface area (Å²) in [5.74, 6) is 0.851. The summed E-state index contributed by atoms with van der Waals surface area (Å²) in [6, 6.07) is 15.1. The second kappa shape index (κ2) is 5.47. The molecule has 0 fully saturated rings. The van der Waals surface area contributed by atoms with Crippen molar-refractivity contribution in [2.24, 2.45) is 0 Å². The van der Waals surface area contributed by atoms with E-state index >= 15 is 0 Å². The van der Waals surface area contributed by atoms with Crippen molar-refractivity contribution >= 4 is 10.8 Å². The van der Waals surface area contributed by atoms with E-state index in [2.05, 4.69) is 60.5 Å². The molecule has 0 atom stereocenters. The van der Waals surface area contributed by atoms with Crippen molar-refractivity contribution in [2.45, 2.75) is 26.4 Å². The van der Waals surface area contributed by atoms with Crippen LogP contribution in [0, 0.1) is 0 Å². The number of hydrogen-bond donors (Lipinski definition) is 1. The molecule has 3 rings (SSSR count). The monoisotopic (exact) mass is 266 g/mol. The van der Waals surface area contributed by atoms with Gasteiger partial charge in [-0.3, -0.25) is 0 Å². The molecule has 0 aliphatic heterocycles. The molecule has 0 aliphatic rings. The van der Waals surface area contributed by atoms with Crippen molar-refractivity contribution < 1.29 is 4.42 Å². The van der Waals surface area contributed by atoms with Crippen LogP contribution in [0.2, 0.25) is 0 Å². The van der Waals surface area contributed by atoms with Gasteiger partial charge < -0.3 is 9.73 Å². The second-order valence-corrected chi connectivity index (χ2v) is 5.23. The average molecular weight is 266 g/mol. The zero-order valence-electron chi connectivity index (χ0n) is 11.8. The van der Waals surface area contributed by atoms with Crippen molar-refractivity contribution in [3.8, 4) is 11.3 Å². The van der Waals surface area contributed by atoms with Gasteiger partial charge in [0.15, 0.2) is 12.2 Å². The highest BCUT2D eigenvalue weighted by Crippen LogP contribution is 2.26. The van der Waals surface area contributed by atoms with Crippen molar-refractivity contribution in [1.29, 1.82) is 0 Å². The van der Waals surface area contributed by atoms with Crippen LogP contribution in [0.4, 0.5) is 0 Å². The maximum absolute atomic E-state index is 5.58. The van der Waals surface area contributed by atoms with Gasteiger partial charge in [-0.25, -0.2) is 4.98 Å². The molecule has 2 aromatic carbocycles. The Morgan fingerprint density at radius 2 is 1.90 bits per heavy atom. The molecule has 1 heterocycles. The molecule has 3 heteroatoms. The number of oxazole rings is 1. The molecular weight excluding hydrogens is 248 g/mol. The summed E-state index contributed by atoms with van der Waals surface area (Å²) in [7, 11) is 0. The lowest BCUT2D eigenvalue weighted by Gasteiger charge is -2.07. The van der Waals surface area contributed by atoms with Gasteiger partial charge in [-0.1, -0.05) is 50.2 Å². The lowest BCUT2D eigenvalue weighted by Crippen LogP contribution is -2.22. The number of hydrogen-bond acceptors (Lipinski definition) is 3. The molecule has 20 heavy (non-hydrogen) atoms. The van der Waals surface area contributed by atoms with Crippen molar-refractivity contribution in [3.05, 3.63) is 54.6 Å². The minimum absolute atomic E-state index is 0.427. The molecule has 0 bridgehead atoms. The zero-order chi connectivity index (χ0) is 13.9. The summed E-state index contributed by atoms with van der Waals surface area (Å²) in [5, 5.41) is 5.82. The van der Waals surface area contributed by atoms with Gasteiger partial charge in [0.2, 0.25) is 0 Å². The summed E-state index contributed by atoms with van der Waals surface area (Å²) in [5.41, 5.74) is 2.02. The van der Waals surface area contributed by atoms with E-state index in [0.717, 1.165) is 23.6 Å². The summed E-state index contributed by atoms with van der Waals surface area (Å²) >= 11 is 0. The molecule has 3 aromatic rings. The van der Waals surface area contributed by atoms with Gasteiger partial charge in [0.1, 0.15) is 5.69 Å². The lowest BCUT2D eigenvalue weighted by molar-refractivity contribution is 0.563. The van der Waals surface area contributed by atoms with Gasteiger partial charge in [-0.2, -0.15) is 0 Å². The fourth-order valence-electron chi connectivity index (χ4n) is 2.26. The Morgan fingerprint density at radius 3 is 2.70 bits per heavy atom. The first-order valence-corrected chi connectivity index (χ1v) is 6.89. The molecule has 0 radical (unpaired) electrons. The van der Waals surface area contributed by atoms with Crippen LogP contribution in [0.5, 0.6) is 0 Å². The highest BCUT2D eigenvalue weighted by Gasteiger charge is 2.11. The Kier molecular flexibility index (Phi) is 3.52. The van der Waals surface area contributed by atoms with Crippen LogP contribution in [-0.4, -0.2) is 11.0 Å². The molecule has 1 N–H and O–H groups in total. The first-order valence-electron chi connectivity index (χ1n) is 6.89. The maximum Gasteiger partial charge on any atom is 0.181 e. The van der Waals surface area contributed by atoms with Crippen LogP contribution < -0.4 is 5.32 Å². The highest BCUT2D eigenvalue weighted by atomic mass is 16.3. The number of benzene rings is 2. The van der Waals surface area contributed by atoms with Crippen LogP contribution in [-0.2, 0) is 6.54 Å². The van der Waals surface area contributed by atoms with Crippen LogP contribution in [0.15, 0.2) is 53.3 Å². The Labute approximate surface area is 118 Å². The molecule has 0 unspecified atom stereocenters. The van der Waals surface area contributed by atoms with Gasteiger partial charge in [0.25, 0.3) is 0 Å². The molecule has 102 valence electrons. The molecule has 0 spiro atoms. The Hall–Kier alpha value is -2.13. The smallest absolute Gasteiger partial charge is 0.181 e. The number of aromatic nitrogens is 1. The first kappa shape index (κ1) is 12.9. The topological polar surface area (TPSA) is 38.1 Å². The van der Waals surface area contributed by atoms with Gasteiger partial charge in [0, 0.05) is 18.2 Å². The fraction of sp³-hybridized carbons (Fsp3) is 0.235. The van der Waals surface area contributed by atoms with Crippen LogP contribution in [0.25, 0.3) is 22.1 Å². The highest BCUT2D eigenvalue weighted by molar-refractivity contribution is 5.86. The van der Waals surface area contributed by atoms with Gasteiger partial charge in [0.05, 0.1) is 0 Å². The summed E-state index contributed by atoms with van der Waals surface area (Å²) < 4.78 is 5.58. The fourth-order valence-corrected chi connectivity index (χ4v) is 2.26. The van der Waals surface area contributed by atoms with E-state index < -0.39 is 0 Å². The van der Waals surface area contributed by atoms with Crippen LogP contribution >= 0.6 is 0 Å². The van der Waals surface area contributed by atoms with Crippen LogP contribution in [0.1, 0.15) is 19.5 Å². The summed E-state index contributed by atoms with van der Waals surface area (Å²) in [4.78, 5) is 4.32. The SMILES string of the molecule is CC(C)NCc1ncoc1-c1ccc2ccccc2c1. The van der Waals surface area contributed by atoms with Gasteiger partial charge >= 0.3 is 0 Å².